The van der Waals surface area contributed by atoms with Crippen LogP contribution in [0.2, 0.25) is 0 Å². The number of carbonyl (C=O) groups is 1. The lowest BCUT2D eigenvalue weighted by Crippen LogP contribution is -2.35. The van der Waals surface area contributed by atoms with Gasteiger partial charge >= 0.3 is 16.1 Å². The number of urea groups is 1. The number of rotatable bonds is 6. The predicted molar refractivity (Wildman–Crippen MR) is 108 cm³/mol. The van der Waals surface area contributed by atoms with Crippen LogP contribution in [0.1, 0.15) is 35.1 Å². The lowest BCUT2D eigenvalue weighted by Gasteiger charge is -2.16. The van der Waals surface area contributed by atoms with Crippen LogP contribution in [0.15, 0.2) is 17.6 Å². The predicted octanol–water partition coefficient (Wildman–Crippen LogP) is 1.33. The van der Waals surface area contributed by atoms with Gasteiger partial charge in [-0.1, -0.05) is 6.07 Å². The van der Waals surface area contributed by atoms with Crippen LogP contribution in [0, 0.1) is 0 Å². The summed E-state index contributed by atoms with van der Waals surface area (Å²) in [6.07, 6.45) is 7.29. The van der Waals surface area contributed by atoms with Crippen LogP contribution in [-0.4, -0.2) is 54.8 Å². The molecule has 0 atom stereocenters. The number of hydrogen-bond acceptors (Lipinski definition) is 6. The zero-order chi connectivity index (χ0) is 20.6. The molecule has 2 aromatic rings. The Kier molecular flexibility index (Phi) is 5.30. The first-order chi connectivity index (χ1) is 13.8. The third-order valence-corrected chi connectivity index (χ3v) is 6.59. The van der Waals surface area contributed by atoms with E-state index in [1.807, 2.05) is 19.0 Å². The largest absolute Gasteiger partial charge is 0.333 e. The number of nitrogens with zero attached hydrogens (tertiary/aromatic N) is 4. The highest BCUT2D eigenvalue weighted by molar-refractivity contribution is 7.89. The average Bonchev–Trinajstić information content (AvgIpc) is 3.39. The summed E-state index contributed by atoms with van der Waals surface area (Å²) < 4.78 is 28.6. The Bertz CT molecular complexity index is 1010. The Morgan fingerprint density at radius 2 is 1.79 bits per heavy atom. The second kappa shape index (κ2) is 7.75. The van der Waals surface area contributed by atoms with Crippen LogP contribution in [-0.2, 0) is 42.3 Å². The first kappa shape index (κ1) is 19.8. The summed E-state index contributed by atoms with van der Waals surface area (Å²) in [6, 6.07) is 1.48. The third-order valence-electron chi connectivity index (χ3n) is 5.47. The van der Waals surface area contributed by atoms with Crippen molar-refractivity contribution in [2.24, 2.45) is 0 Å². The van der Waals surface area contributed by atoms with E-state index in [2.05, 4.69) is 26.2 Å². The quantitative estimate of drug-likeness (QED) is 0.732. The number of fused-ring (bicyclic) bond motifs is 2. The maximum absolute atomic E-state index is 12.6. The molecule has 1 heterocycles. The molecule has 10 heteroatoms. The molecule has 0 bridgehead atoms. The smallest absolute Gasteiger partial charge is 0.308 e. The van der Waals surface area contributed by atoms with Crippen molar-refractivity contribution in [1.82, 2.24) is 24.4 Å². The SMILES string of the molecule is CN(C)CCn1cnc(S(=O)(=O)NC(=O)Nc2c3c(cc4c2CCC4)CCC3)n1. The summed E-state index contributed by atoms with van der Waals surface area (Å²) in [6.45, 7) is 1.20. The number of aromatic nitrogens is 3. The lowest BCUT2D eigenvalue weighted by atomic mass is 9.99. The number of likely N-dealkylation sites (N-methyl/N-ethyl adjacent to an activating group) is 1. The van der Waals surface area contributed by atoms with E-state index in [0.717, 1.165) is 55.3 Å². The first-order valence-electron chi connectivity index (χ1n) is 9.88. The summed E-state index contributed by atoms with van der Waals surface area (Å²) in [7, 11) is -0.316. The van der Waals surface area contributed by atoms with Crippen LogP contribution < -0.4 is 10.0 Å². The van der Waals surface area contributed by atoms with Gasteiger partial charge in [-0.2, -0.15) is 8.42 Å². The maximum Gasteiger partial charge on any atom is 0.333 e. The summed E-state index contributed by atoms with van der Waals surface area (Å²) in [5.41, 5.74) is 5.62. The van der Waals surface area contributed by atoms with Crippen molar-refractivity contribution in [2.45, 2.75) is 50.2 Å². The van der Waals surface area contributed by atoms with Crippen molar-refractivity contribution in [1.29, 1.82) is 0 Å². The molecular formula is C19H26N6O3S. The molecule has 0 saturated carbocycles. The van der Waals surface area contributed by atoms with Gasteiger partial charge in [0.2, 0.25) is 0 Å². The molecule has 0 fully saturated rings. The van der Waals surface area contributed by atoms with Gasteiger partial charge in [0.15, 0.2) is 0 Å². The second-order valence-electron chi connectivity index (χ2n) is 7.89. The molecule has 4 rings (SSSR count). The molecule has 0 radical (unpaired) electrons. The number of anilines is 1. The van der Waals surface area contributed by atoms with E-state index in [0.29, 0.717) is 13.1 Å². The molecule has 0 saturated heterocycles. The van der Waals surface area contributed by atoms with Gasteiger partial charge in [0.25, 0.3) is 5.16 Å². The highest BCUT2D eigenvalue weighted by Gasteiger charge is 2.27. The van der Waals surface area contributed by atoms with Crippen LogP contribution in [0.25, 0.3) is 0 Å². The zero-order valence-electron chi connectivity index (χ0n) is 16.7. The molecule has 2 aliphatic carbocycles. The van der Waals surface area contributed by atoms with Gasteiger partial charge in [-0.25, -0.2) is 14.5 Å². The van der Waals surface area contributed by atoms with Crippen molar-refractivity contribution in [3.05, 3.63) is 34.6 Å². The van der Waals surface area contributed by atoms with Gasteiger partial charge in [0.05, 0.1) is 6.54 Å². The van der Waals surface area contributed by atoms with Crippen molar-refractivity contribution in [2.75, 3.05) is 26.0 Å². The van der Waals surface area contributed by atoms with Gasteiger partial charge in [-0.3, -0.25) is 4.68 Å². The Morgan fingerprint density at radius 1 is 1.14 bits per heavy atom. The Balaban J connectivity index is 1.49. The zero-order valence-corrected chi connectivity index (χ0v) is 17.5. The minimum absolute atomic E-state index is 0.407. The standard InChI is InChI=1S/C19H26N6O3S/c1-24(2)9-10-25-12-20-19(22-25)29(27,28)23-18(26)21-17-15-7-3-5-13(15)11-14-6-4-8-16(14)17/h11-12H,3-10H2,1-2H3,(H2,21,23,26). The molecule has 0 unspecified atom stereocenters. The number of amides is 2. The van der Waals surface area contributed by atoms with E-state index in [-0.39, 0.29) is 0 Å². The fraction of sp³-hybridized carbons (Fsp3) is 0.526. The van der Waals surface area contributed by atoms with E-state index in [9.17, 15) is 13.2 Å². The molecule has 0 spiro atoms. The average molecular weight is 419 g/mol. The highest BCUT2D eigenvalue weighted by atomic mass is 32.2. The number of nitrogens with one attached hydrogen (secondary N) is 2. The fourth-order valence-corrected chi connectivity index (χ4v) is 4.87. The number of aryl methyl sites for hydroxylation is 2. The summed E-state index contributed by atoms with van der Waals surface area (Å²) >= 11 is 0. The van der Waals surface area contributed by atoms with Crippen LogP contribution >= 0.6 is 0 Å². The Morgan fingerprint density at radius 3 is 2.41 bits per heavy atom. The molecule has 9 nitrogen and oxygen atoms in total. The van der Waals surface area contributed by atoms with Gasteiger partial charge in [-0.05, 0) is 74.9 Å². The van der Waals surface area contributed by atoms with Gasteiger partial charge in [0, 0.05) is 12.2 Å². The Hall–Kier alpha value is -2.46. The molecule has 2 amide bonds. The second-order valence-corrected chi connectivity index (χ2v) is 9.46. The van der Waals surface area contributed by atoms with Gasteiger partial charge in [-0.15, -0.1) is 5.10 Å². The molecule has 2 aliphatic rings. The van der Waals surface area contributed by atoms with Gasteiger partial charge in [0.1, 0.15) is 6.33 Å². The minimum Gasteiger partial charge on any atom is -0.308 e. The van der Waals surface area contributed by atoms with E-state index in [1.165, 1.54) is 22.1 Å². The summed E-state index contributed by atoms with van der Waals surface area (Å²) in [4.78, 5) is 18.4. The summed E-state index contributed by atoms with van der Waals surface area (Å²) in [5.74, 6) is 0. The van der Waals surface area contributed by atoms with E-state index < -0.39 is 21.2 Å². The molecule has 29 heavy (non-hydrogen) atoms. The number of carbonyl (C=O) groups excluding carboxylic acids is 1. The van der Waals surface area contributed by atoms with Crippen molar-refractivity contribution in [3.63, 3.8) is 0 Å². The van der Waals surface area contributed by atoms with Crippen LogP contribution in [0.3, 0.4) is 0 Å². The number of benzene rings is 1. The van der Waals surface area contributed by atoms with Crippen molar-refractivity contribution >= 4 is 21.7 Å². The lowest BCUT2D eigenvalue weighted by molar-refractivity contribution is 0.256. The number of sulfonamides is 1. The van der Waals surface area contributed by atoms with E-state index in [4.69, 9.17) is 0 Å². The normalized spacial score (nSPS) is 15.4. The minimum atomic E-state index is -4.14. The molecule has 1 aromatic heterocycles. The Labute approximate surface area is 170 Å². The molecule has 0 aliphatic heterocycles. The number of hydrogen-bond donors (Lipinski definition) is 2. The molecule has 2 N–H and O–H groups in total. The van der Waals surface area contributed by atoms with Crippen molar-refractivity contribution in [3.8, 4) is 0 Å². The topological polar surface area (TPSA) is 109 Å². The third kappa shape index (κ3) is 4.13. The maximum atomic E-state index is 12.6. The van der Waals surface area contributed by atoms with Crippen molar-refractivity contribution < 1.29 is 13.2 Å². The van der Waals surface area contributed by atoms with Crippen LogP contribution in [0.5, 0.6) is 0 Å². The molecule has 156 valence electrons. The summed E-state index contributed by atoms with van der Waals surface area (Å²) in [5, 5.41) is 6.39. The first-order valence-corrected chi connectivity index (χ1v) is 11.4. The van der Waals surface area contributed by atoms with E-state index in [1.54, 1.807) is 0 Å². The molecular weight excluding hydrogens is 392 g/mol. The van der Waals surface area contributed by atoms with Gasteiger partial charge < -0.3 is 10.2 Å². The highest BCUT2D eigenvalue weighted by Crippen LogP contribution is 2.38. The fourth-order valence-electron chi connectivity index (χ4n) is 4.08. The van der Waals surface area contributed by atoms with Crippen LogP contribution in [0.4, 0.5) is 10.5 Å². The molecule has 1 aromatic carbocycles. The monoisotopic (exact) mass is 418 g/mol. The van der Waals surface area contributed by atoms with E-state index >= 15 is 0 Å².